The highest BCUT2D eigenvalue weighted by molar-refractivity contribution is 7.99. The van der Waals surface area contributed by atoms with Gasteiger partial charge in [0.05, 0.1) is 11.5 Å². The monoisotopic (exact) mass is 334 g/mol. The third kappa shape index (κ3) is 4.16. The number of rotatable bonds is 7. The van der Waals surface area contributed by atoms with Crippen molar-refractivity contribution >= 4 is 23.4 Å². The van der Waals surface area contributed by atoms with Gasteiger partial charge in [-0.3, -0.25) is 14.9 Å². The molecule has 0 fully saturated rings. The van der Waals surface area contributed by atoms with Crippen LogP contribution in [0, 0.1) is 17.0 Å². The van der Waals surface area contributed by atoms with E-state index in [0.29, 0.717) is 16.5 Å². The summed E-state index contributed by atoms with van der Waals surface area (Å²) in [5.74, 6) is 0.457. The Morgan fingerprint density at radius 3 is 3.00 bits per heavy atom. The van der Waals surface area contributed by atoms with Gasteiger partial charge >= 0.3 is 0 Å². The summed E-state index contributed by atoms with van der Waals surface area (Å²) in [6, 6.07) is 4.35. The van der Waals surface area contributed by atoms with Gasteiger partial charge in [0.15, 0.2) is 0 Å². The van der Waals surface area contributed by atoms with E-state index in [9.17, 15) is 14.9 Å². The molecule has 1 aromatic heterocycles. The van der Waals surface area contributed by atoms with E-state index in [1.807, 2.05) is 0 Å². The summed E-state index contributed by atoms with van der Waals surface area (Å²) in [5.41, 5.74) is 0.446. The Bertz CT molecular complexity index is 744. The van der Waals surface area contributed by atoms with E-state index in [-0.39, 0.29) is 23.7 Å². The molecule has 0 spiro atoms. The van der Waals surface area contributed by atoms with Gasteiger partial charge in [-0.15, -0.1) is 16.8 Å². The maximum Gasteiger partial charge on any atom is 0.276 e. The number of hydrogen-bond donors (Lipinski definition) is 1. The zero-order chi connectivity index (χ0) is 16.8. The quantitative estimate of drug-likeness (QED) is 0.358. The second-order valence-corrected chi connectivity index (χ2v) is 5.42. The Labute approximate surface area is 136 Å². The second kappa shape index (κ2) is 7.54. The number of nitro groups is 1. The number of amides is 1. The molecule has 0 unspecified atom stereocenters. The lowest BCUT2D eigenvalue weighted by atomic mass is 10.1. The van der Waals surface area contributed by atoms with E-state index in [0.717, 1.165) is 0 Å². The predicted octanol–water partition coefficient (Wildman–Crippen LogP) is 2.49. The molecule has 0 aliphatic heterocycles. The standard InChI is InChI=1S/C14H14N4O4S/c1-3-7-23-14-17-16-12(22-14)8-15-13(19)10-5-4-6-11(9(10)2)18(20)21/h3-6H,1,7-8H2,2H3,(H,15,19). The van der Waals surface area contributed by atoms with E-state index < -0.39 is 10.8 Å². The minimum absolute atomic E-state index is 0.0443. The fourth-order valence-corrected chi connectivity index (χ4v) is 2.33. The van der Waals surface area contributed by atoms with Crippen LogP contribution in [0.2, 0.25) is 0 Å². The number of nitrogens with zero attached hydrogens (tertiary/aromatic N) is 3. The first-order chi connectivity index (χ1) is 11.0. The Kier molecular flexibility index (Phi) is 5.47. The van der Waals surface area contributed by atoms with Crippen molar-refractivity contribution in [2.45, 2.75) is 18.7 Å². The molecule has 0 saturated carbocycles. The highest BCUT2D eigenvalue weighted by Crippen LogP contribution is 2.21. The van der Waals surface area contributed by atoms with Crippen molar-refractivity contribution in [1.82, 2.24) is 15.5 Å². The molecule has 2 rings (SSSR count). The smallest absolute Gasteiger partial charge is 0.276 e. The van der Waals surface area contributed by atoms with Crippen LogP contribution < -0.4 is 5.32 Å². The summed E-state index contributed by atoms with van der Waals surface area (Å²) in [4.78, 5) is 22.5. The normalized spacial score (nSPS) is 10.3. The van der Waals surface area contributed by atoms with E-state index >= 15 is 0 Å². The van der Waals surface area contributed by atoms with Crippen molar-refractivity contribution in [1.29, 1.82) is 0 Å². The van der Waals surface area contributed by atoms with E-state index in [2.05, 4.69) is 22.1 Å². The molecular weight excluding hydrogens is 320 g/mol. The van der Waals surface area contributed by atoms with Gasteiger partial charge in [0.25, 0.3) is 16.8 Å². The van der Waals surface area contributed by atoms with Gasteiger partial charge in [-0.1, -0.05) is 23.9 Å². The molecule has 0 aliphatic rings. The van der Waals surface area contributed by atoms with Crippen LogP contribution in [0.15, 0.2) is 40.5 Å². The lowest BCUT2D eigenvalue weighted by molar-refractivity contribution is -0.385. The van der Waals surface area contributed by atoms with Gasteiger partial charge in [-0.05, 0) is 13.0 Å². The van der Waals surface area contributed by atoms with E-state index in [4.69, 9.17) is 4.42 Å². The van der Waals surface area contributed by atoms with Crippen molar-refractivity contribution in [2.24, 2.45) is 0 Å². The molecule has 0 saturated heterocycles. The zero-order valence-corrected chi connectivity index (χ0v) is 13.1. The number of thioether (sulfide) groups is 1. The van der Waals surface area contributed by atoms with Crippen LogP contribution in [0.25, 0.3) is 0 Å². The van der Waals surface area contributed by atoms with E-state index in [1.54, 1.807) is 6.08 Å². The van der Waals surface area contributed by atoms with Crippen LogP contribution in [0.5, 0.6) is 0 Å². The Hall–Kier alpha value is -2.68. The molecule has 0 radical (unpaired) electrons. The number of benzene rings is 1. The molecule has 0 aliphatic carbocycles. The third-order valence-electron chi connectivity index (χ3n) is 2.92. The molecule has 23 heavy (non-hydrogen) atoms. The molecule has 2 aromatic rings. The first-order valence-electron chi connectivity index (χ1n) is 6.61. The number of nitrogens with one attached hydrogen (secondary N) is 1. The highest BCUT2D eigenvalue weighted by Gasteiger charge is 2.18. The number of carbonyl (C=O) groups excluding carboxylic acids is 1. The van der Waals surface area contributed by atoms with Crippen LogP contribution in [-0.4, -0.2) is 26.8 Å². The molecule has 120 valence electrons. The summed E-state index contributed by atoms with van der Waals surface area (Å²) in [7, 11) is 0. The number of hydrogen-bond acceptors (Lipinski definition) is 7. The molecule has 1 aromatic carbocycles. The second-order valence-electron chi connectivity index (χ2n) is 4.45. The van der Waals surface area contributed by atoms with Gasteiger partial charge in [0, 0.05) is 22.9 Å². The van der Waals surface area contributed by atoms with Gasteiger partial charge in [0.2, 0.25) is 5.89 Å². The van der Waals surface area contributed by atoms with Gasteiger partial charge < -0.3 is 9.73 Å². The molecule has 1 heterocycles. The first-order valence-corrected chi connectivity index (χ1v) is 7.59. The molecule has 1 amide bonds. The van der Waals surface area contributed by atoms with Crippen LogP contribution >= 0.6 is 11.8 Å². The minimum atomic E-state index is -0.521. The van der Waals surface area contributed by atoms with Gasteiger partial charge in [-0.25, -0.2) is 0 Å². The molecule has 8 nitrogen and oxygen atoms in total. The molecule has 0 bridgehead atoms. The Morgan fingerprint density at radius 2 is 2.30 bits per heavy atom. The number of nitro benzene ring substituents is 1. The SMILES string of the molecule is C=CCSc1nnc(CNC(=O)c2cccc([N+](=O)[O-])c2C)o1. The van der Waals surface area contributed by atoms with E-state index in [1.165, 1.54) is 36.9 Å². The third-order valence-corrected chi connectivity index (χ3v) is 3.73. The fraction of sp³-hybridized carbons (Fsp3) is 0.214. The molecular formula is C14H14N4O4S. The topological polar surface area (TPSA) is 111 Å². The summed E-state index contributed by atoms with van der Waals surface area (Å²) in [6.45, 7) is 5.16. The first kappa shape index (κ1) is 16.7. The predicted molar refractivity (Wildman–Crippen MR) is 84.2 cm³/mol. The maximum atomic E-state index is 12.2. The van der Waals surface area contributed by atoms with Crippen molar-refractivity contribution in [2.75, 3.05) is 5.75 Å². The van der Waals surface area contributed by atoms with Crippen molar-refractivity contribution < 1.29 is 14.1 Å². The zero-order valence-electron chi connectivity index (χ0n) is 12.3. The van der Waals surface area contributed by atoms with Crippen molar-refractivity contribution in [3.63, 3.8) is 0 Å². The summed E-state index contributed by atoms with van der Waals surface area (Å²) in [6.07, 6.45) is 1.71. The van der Waals surface area contributed by atoms with Crippen LogP contribution in [0.1, 0.15) is 21.8 Å². The Balaban J connectivity index is 2.02. The van der Waals surface area contributed by atoms with Crippen LogP contribution in [0.4, 0.5) is 5.69 Å². The lowest BCUT2D eigenvalue weighted by Gasteiger charge is -2.06. The fourth-order valence-electron chi connectivity index (χ4n) is 1.82. The van der Waals surface area contributed by atoms with Crippen LogP contribution in [0.3, 0.4) is 0 Å². The summed E-state index contributed by atoms with van der Waals surface area (Å²) in [5, 5.41) is 21.5. The number of carbonyl (C=O) groups is 1. The largest absolute Gasteiger partial charge is 0.414 e. The molecule has 0 atom stereocenters. The van der Waals surface area contributed by atoms with Gasteiger partial charge in [0.1, 0.15) is 0 Å². The minimum Gasteiger partial charge on any atom is -0.414 e. The van der Waals surface area contributed by atoms with Gasteiger partial charge in [-0.2, -0.15) is 0 Å². The lowest BCUT2D eigenvalue weighted by Crippen LogP contribution is -2.24. The summed E-state index contributed by atoms with van der Waals surface area (Å²) >= 11 is 1.33. The van der Waals surface area contributed by atoms with Crippen molar-refractivity contribution in [3.8, 4) is 0 Å². The average molecular weight is 334 g/mol. The Morgan fingerprint density at radius 1 is 1.52 bits per heavy atom. The number of aromatic nitrogens is 2. The van der Waals surface area contributed by atoms with Crippen LogP contribution in [-0.2, 0) is 6.54 Å². The molecule has 9 heteroatoms. The highest BCUT2D eigenvalue weighted by atomic mass is 32.2. The molecule has 1 N–H and O–H groups in total. The average Bonchev–Trinajstić information content (AvgIpc) is 2.98. The maximum absolute atomic E-state index is 12.2. The van der Waals surface area contributed by atoms with Crippen molar-refractivity contribution in [3.05, 3.63) is 58.0 Å². The summed E-state index contributed by atoms with van der Waals surface area (Å²) < 4.78 is 5.33.